The molecule has 0 heterocycles. The van der Waals surface area contributed by atoms with Gasteiger partial charge in [-0.3, -0.25) is 13.9 Å². The average molecular weight is 642 g/mol. The highest BCUT2D eigenvalue weighted by atomic mass is 35.5. The molecule has 2 amide bonds. The molecule has 9 nitrogen and oxygen atoms in total. The van der Waals surface area contributed by atoms with Gasteiger partial charge in [-0.25, -0.2) is 8.42 Å². The van der Waals surface area contributed by atoms with Gasteiger partial charge in [-0.15, -0.1) is 0 Å². The normalized spacial score (nSPS) is 14.4. The fourth-order valence-electron chi connectivity index (χ4n) is 5.31. The molecule has 44 heavy (non-hydrogen) atoms. The molecule has 11 heteroatoms. The van der Waals surface area contributed by atoms with E-state index in [1.165, 1.54) is 29.2 Å². The Labute approximate surface area is 265 Å². The fourth-order valence-corrected chi connectivity index (χ4v) is 6.86. The molecule has 0 aliphatic heterocycles. The van der Waals surface area contributed by atoms with Gasteiger partial charge in [0.05, 0.1) is 24.3 Å². The lowest BCUT2D eigenvalue weighted by Gasteiger charge is -2.33. The summed E-state index contributed by atoms with van der Waals surface area (Å²) >= 11 is 6.05. The number of carbonyl (C=O) groups is 2. The van der Waals surface area contributed by atoms with Crippen LogP contribution in [-0.4, -0.2) is 57.5 Å². The summed E-state index contributed by atoms with van der Waals surface area (Å²) in [5, 5.41) is 3.49. The summed E-state index contributed by atoms with van der Waals surface area (Å²) in [4.78, 5) is 29.2. The van der Waals surface area contributed by atoms with E-state index in [1.54, 1.807) is 63.4 Å². The number of nitrogens with zero attached hydrogens (tertiary/aromatic N) is 2. The number of benzene rings is 3. The second-order valence-electron chi connectivity index (χ2n) is 10.8. The lowest BCUT2D eigenvalue weighted by Crippen LogP contribution is -2.53. The van der Waals surface area contributed by atoms with Crippen molar-refractivity contribution in [3.8, 4) is 11.5 Å². The predicted molar refractivity (Wildman–Crippen MR) is 172 cm³/mol. The number of methoxy groups -OCH3 is 1. The van der Waals surface area contributed by atoms with Crippen LogP contribution in [0.4, 0.5) is 5.69 Å². The molecule has 3 aromatic rings. The van der Waals surface area contributed by atoms with E-state index in [1.807, 2.05) is 6.07 Å². The average Bonchev–Trinajstić information content (AvgIpc) is 3.03. The van der Waals surface area contributed by atoms with E-state index in [0.29, 0.717) is 23.1 Å². The molecular formula is C33H40ClN3O6S. The number of sulfonamides is 1. The van der Waals surface area contributed by atoms with Crippen LogP contribution < -0.4 is 19.1 Å². The lowest BCUT2D eigenvalue weighted by atomic mass is 9.95. The van der Waals surface area contributed by atoms with Gasteiger partial charge in [0.15, 0.2) is 0 Å². The highest BCUT2D eigenvalue weighted by molar-refractivity contribution is 7.92. The molecule has 1 aliphatic carbocycles. The third-order valence-electron chi connectivity index (χ3n) is 7.72. The van der Waals surface area contributed by atoms with Gasteiger partial charge in [-0.2, -0.15) is 0 Å². The highest BCUT2D eigenvalue weighted by Gasteiger charge is 2.34. The van der Waals surface area contributed by atoms with E-state index >= 15 is 0 Å². The third kappa shape index (κ3) is 8.24. The van der Waals surface area contributed by atoms with Gasteiger partial charge in [0.1, 0.15) is 24.1 Å². The van der Waals surface area contributed by atoms with Crippen LogP contribution in [0.1, 0.15) is 51.5 Å². The Morgan fingerprint density at radius 2 is 1.70 bits per heavy atom. The Balaban J connectivity index is 1.72. The second-order valence-corrected chi connectivity index (χ2v) is 13.1. The SMILES string of the molecule is CCOc1ccccc1N(CC(=O)N(Cc1cccc(OC)c1)[C@@H](C)C(=O)NC1CCCCC1)S(=O)(=O)c1ccc(Cl)cc1. The minimum absolute atomic E-state index is 0.0385. The Morgan fingerprint density at radius 1 is 1.00 bits per heavy atom. The quantitative estimate of drug-likeness (QED) is 0.253. The summed E-state index contributed by atoms with van der Waals surface area (Å²) < 4.78 is 40.4. The first-order chi connectivity index (χ1) is 21.1. The summed E-state index contributed by atoms with van der Waals surface area (Å²) in [5.41, 5.74) is 0.940. The molecule has 0 spiro atoms. The molecular weight excluding hydrogens is 602 g/mol. The molecule has 3 aromatic carbocycles. The fraction of sp³-hybridized carbons (Fsp3) is 0.394. The van der Waals surface area contributed by atoms with E-state index < -0.39 is 28.5 Å². The van der Waals surface area contributed by atoms with Crippen LogP contribution in [0.3, 0.4) is 0 Å². The van der Waals surface area contributed by atoms with E-state index in [9.17, 15) is 18.0 Å². The Morgan fingerprint density at radius 3 is 2.39 bits per heavy atom. The van der Waals surface area contributed by atoms with Crippen molar-refractivity contribution >= 4 is 39.1 Å². The van der Waals surface area contributed by atoms with Crippen LogP contribution in [0, 0.1) is 0 Å². The van der Waals surface area contributed by atoms with Crippen molar-refractivity contribution in [1.82, 2.24) is 10.2 Å². The number of para-hydroxylation sites is 2. The topological polar surface area (TPSA) is 105 Å². The van der Waals surface area contributed by atoms with Gasteiger partial charge in [0.25, 0.3) is 10.0 Å². The molecule has 236 valence electrons. The number of ether oxygens (including phenoxy) is 2. The molecule has 0 radical (unpaired) electrons. The number of hydrogen-bond acceptors (Lipinski definition) is 6. The number of rotatable bonds is 13. The van der Waals surface area contributed by atoms with Gasteiger partial charge < -0.3 is 19.7 Å². The second kappa shape index (κ2) is 15.3. The smallest absolute Gasteiger partial charge is 0.264 e. The maximum absolute atomic E-state index is 14.3. The van der Waals surface area contributed by atoms with Crippen LogP contribution in [0.25, 0.3) is 0 Å². The molecule has 4 rings (SSSR count). The summed E-state index contributed by atoms with van der Waals surface area (Å²) in [6, 6.07) is 18.8. The largest absolute Gasteiger partial charge is 0.497 e. The monoisotopic (exact) mass is 641 g/mol. The zero-order valence-corrected chi connectivity index (χ0v) is 26.9. The summed E-state index contributed by atoms with van der Waals surface area (Å²) in [7, 11) is -2.71. The van der Waals surface area contributed by atoms with Crippen LogP contribution in [0.5, 0.6) is 11.5 Å². The van der Waals surface area contributed by atoms with Crippen LogP contribution in [-0.2, 0) is 26.2 Å². The van der Waals surface area contributed by atoms with Crippen molar-refractivity contribution in [1.29, 1.82) is 0 Å². The Kier molecular flexibility index (Phi) is 11.5. The molecule has 1 atom stereocenters. The maximum Gasteiger partial charge on any atom is 0.264 e. The van der Waals surface area contributed by atoms with E-state index in [0.717, 1.165) is 42.0 Å². The lowest BCUT2D eigenvalue weighted by molar-refractivity contribution is -0.139. The van der Waals surface area contributed by atoms with Crippen molar-refractivity contribution in [2.75, 3.05) is 24.6 Å². The van der Waals surface area contributed by atoms with Gasteiger partial charge in [0, 0.05) is 17.6 Å². The van der Waals surface area contributed by atoms with Crippen LogP contribution in [0.15, 0.2) is 77.7 Å². The summed E-state index contributed by atoms with van der Waals surface area (Å²) in [6.07, 6.45) is 5.02. The van der Waals surface area contributed by atoms with E-state index in [4.69, 9.17) is 21.1 Å². The number of anilines is 1. The number of nitrogens with one attached hydrogen (secondary N) is 1. The number of halogens is 1. The zero-order chi connectivity index (χ0) is 31.7. The number of amides is 2. The van der Waals surface area contributed by atoms with Crippen molar-refractivity contribution in [3.05, 3.63) is 83.4 Å². The molecule has 1 aliphatic rings. The first kappa shape index (κ1) is 33.1. The highest BCUT2D eigenvalue weighted by Crippen LogP contribution is 2.33. The number of hydrogen-bond donors (Lipinski definition) is 1. The summed E-state index contributed by atoms with van der Waals surface area (Å²) in [6.45, 7) is 3.25. The molecule has 0 aromatic heterocycles. The summed E-state index contributed by atoms with van der Waals surface area (Å²) in [5.74, 6) is 0.0764. The first-order valence-corrected chi connectivity index (χ1v) is 16.7. The maximum atomic E-state index is 14.3. The molecule has 1 fully saturated rings. The van der Waals surface area contributed by atoms with E-state index in [2.05, 4.69) is 5.32 Å². The van der Waals surface area contributed by atoms with Crippen LogP contribution >= 0.6 is 11.6 Å². The van der Waals surface area contributed by atoms with Crippen molar-refractivity contribution in [3.63, 3.8) is 0 Å². The van der Waals surface area contributed by atoms with Crippen molar-refractivity contribution < 1.29 is 27.5 Å². The van der Waals surface area contributed by atoms with Crippen molar-refractivity contribution in [2.24, 2.45) is 0 Å². The molecule has 0 unspecified atom stereocenters. The van der Waals surface area contributed by atoms with Gasteiger partial charge in [0.2, 0.25) is 11.8 Å². The van der Waals surface area contributed by atoms with Gasteiger partial charge in [-0.1, -0.05) is 55.1 Å². The first-order valence-electron chi connectivity index (χ1n) is 14.9. The molecule has 0 saturated heterocycles. The van der Waals surface area contributed by atoms with Crippen LogP contribution in [0.2, 0.25) is 5.02 Å². The van der Waals surface area contributed by atoms with E-state index in [-0.39, 0.29) is 29.1 Å². The molecule has 0 bridgehead atoms. The number of carbonyl (C=O) groups excluding carboxylic acids is 2. The minimum atomic E-state index is -4.27. The predicted octanol–water partition coefficient (Wildman–Crippen LogP) is 5.81. The standard InChI is InChI=1S/C33H40ClN3O6S/c1-4-43-31-16-9-8-15-30(31)37(44(40,41)29-19-17-26(34)18-20-29)23-32(38)36(22-25-11-10-14-28(21-25)42-3)24(2)33(39)35-27-12-6-5-7-13-27/h8-11,14-21,24,27H,4-7,12-13,22-23H2,1-3H3,(H,35,39)/t24-/m0/s1. The Hall–Kier alpha value is -3.76. The minimum Gasteiger partial charge on any atom is -0.497 e. The van der Waals surface area contributed by atoms with Crippen molar-refractivity contribution in [2.45, 2.75) is 69.5 Å². The zero-order valence-electron chi connectivity index (χ0n) is 25.4. The third-order valence-corrected chi connectivity index (χ3v) is 9.75. The van der Waals surface area contributed by atoms with Gasteiger partial charge in [-0.05, 0) is 80.8 Å². The molecule has 1 N–H and O–H groups in total. The Bertz CT molecular complexity index is 1530. The van der Waals surface area contributed by atoms with Gasteiger partial charge >= 0.3 is 0 Å². The molecule has 1 saturated carbocycles.